The van der Waals surface area contributed by atoms with Crippen molar-refractivity contribution in [3.63, 3.8) is 0 Å². The van der Waals surface area contributed by atoms with E-state index in [2.05, 4.69) is 26.0 Å². The van der Waals surface area contributed by atoms with Crippen molar-refractivity contribution in [1.82, 2.24) is 0 Å². The number of phenolic OH excluding ortho intramolecular Hbond substituents is 2. The third-order valence-electron chi connectivity index (χ3n) is 8.25. The van der Waals surface area contributed by atoms with E-state index < -0.39 is 0 Å². The Hall–Kier alpha value is -5.48. The lowest BCUT2D eigenvalue weighted by atomic mass is 9.95. The molecule has 0 saturated heterocycles. The van der Waals surface area contributed by atoms with Crippen LogP contribution in [0.3, 0.4) is 0 Å². The summed E-state index contributed by atoms with van der Waals surface area (Å²) in [5.41, 5.74) is 9.87. The molecule has 0 atom stereocenters. The van der Waals surface area contributed by atoms with Gasteiger partial charge in [-0.15, -0.1) is 0 Å². The molecule has 0 spiro atoms. The molecule has 0 radical (unpaired) electrons. The van der Waals surface area contributed by atoms with Crippen LogP contribution in [0.5, 0.6) is 23.0 Å². The molecule has 0 saturated carbocycles. The number of aromatic hydroxyl groups is 2. The summed E-state index contributed by atoms with van der Waals surface area (Å²) < 4.78 is 12.1. The second-order valence-corrected chi connectivity index (χ2v) is 12.1. The van der Waals surface area contributed by atoms with Gasteiger partial charge in [0.1, 0.15) is 23.0 Å². The van der Waals surface area contributed by atoms with Gasteiger partial charge in [-0.25, -0.2) is 0 Å². The van der Waals surface area contributed by atoms with Crippen LogP contribution in [0.4, 0.5) is 0 Å². The molecule has 236 valence electrons. The van der Waals surface area contributed by atoms with Gasteiger partial charge < -0.3 is 19.7 Å². The Bertz CT molecular complexity index is 1800. The molecule has 0 aliphatic rings. The molecule has 0 aromatic heterocycles. The van der Waals surface area contributed by atoms with Gasteiger partial charge in [0.2, 0.25) is 0 Å². The maximum Gasteiger partial charge on any atom is 0.126 e. The summed E-state index contributed by atoms with van der Waals surface area (Å²) in [5, 5.41) is 22.2. The second kappa shape index (κ2) is 14.7. The molecule has 0 amide bonds. The van der Waals surface area contributed by atoms with Crippen molar-refractivity contribution in [1.29, 1.82) is 0 Å². The van der Waals surface area contributed by atoms with Gasteiger partial charge in [-0.05, 0) is 94.8 Å². The van der Waals surface area contributed by atoms with Crippen LogP contribution >= 0.6 is 0 Å². The molecule has 0 unspecified atom stereocenters. The Kier molecular flexibility index (Phi) is 9.88. The predicted molar refractivity (Wildman–Crippen MR) is 191 cm³/mol. The highest BCUT2D eigenvalue weighted by atomic mass is 16.5. The topological polar surface area (TPSA) is 58.9 Å². The number of ether oxygens (including phenoxy) is 2. The third-order valence-corrected chi connectivity index (χ3v) is 8.25. The molecule has 0 bridgehead atoms. The molecule has 4 heteroatoms. The van der Waals surface area contributed by atoms with Gasteiger partial charge >= 0.3 is 0 Å². The number of aryl methyl sites for hydroxylation is 2. The summed E-state index contributed by atoms with van der Waals surface area (Å²) in [6.07, 6.45) is 1.95. The second-order valence-electron chi connectivity index (χ2n) is 12.1. The van der Waals surface area contributed by atoms with Gasteiger partial charge in [0.25, 0.3) is 0 Å². The number of hydrogen-bond acceptors (Lipinski definition) is 4. The van der Waals surface area contributed by atoms with Crippen molar-refractivity contribution in [2.45, 2.75) is 33.1 Å². The number of phenols is 2. The van der Waals surface area contributed by atoms with Crippen LogP contribution in [0.15, 0.2) is 133 Å². The van der Waals surface area contributed by atoms with E-state index in [0.717, 1.165) is 73.6 Å². The zero-order chi connectivity index (χ0) is 32.6. The minimum atomic E-state index is 0.321. The van der Waals surface area contributed by atoms with Crippen LogP contribution in [0.1, 0.15) is 39.8 Å². The lowest BCUT2D eigenvalue weighted by Crippen LogP contribution is -2.05. The first-order valence-corrected chi connectivity index (χ1v) is 16.1. The smallest absolute Gasteiger partial charge is 0.126 e. The fraction of sp³-hybridized carbons (Fsp3) is 0.163. The summed E-state index contributed by atoms with van der Waals surface area (Å²) in [4.78, 5) is 0. The third kappa shape index (κ3) is 8.03. The molecule has 0 aliphatic carbocycles. The van der Waals surface area contributed by atoms with E-state index in [1.165, 1.54) is 0 Å². The molecule has 6 aromatic rings. The lowest BCUT2D eigenvalue weighted by Gasteiger charge is -2.14. The molecule has 47 heavy (non-hydrogen) atoms. The van der Waals surface area contributed by atoms with Gasteiger partial charge in [0, 0.05) is 30.4 Å². The SMILES string of the molecule is Cc1cc(Cc2cccc(OCCCOc3cccc(Cc4cc(C)cc(-c5ccccc5)c4O)c3)c2)c(O)c(-c2ccccc2)c1. The highest BCUT2D eigenvalue weighted by Gasteiger charge is 2.13. The molecule has 6 aromatic carbocycles. The Morgan fingerprint density at radius 1 is 0.468 bits per heavy atom. The van der Waals surface area contributed by atoms with Gasteiger partial charge in [-0.3, -0.25) is 0 Å². The average Bonchev–Trinajstić information content (AvgIpc) is 3.09. The van der Waals surface area contributed by atoms with E-state index in [1.54, 1.807) is 0 Å². The number of rotatable bonds is 12. The first kappa shape index (κ1) is 31.5. The van der Waals surface area contributed by atoms with Crippen molar-refractivity contribution in [2.75, 3.05) is 13.2 Å². The van der Waals surface area contributed by atoms with Gasteiger partial charge in [0.05, 0.1) is 13.2 Å². The maximum absolute atomic E-state index is 11.1. The van der Waals surface area contributed by atoms with E-state index in [-0.39, 0.29) is 0 Å². The highest BCUT2D eigenvalue weighted by Crippen LogP contribution is 2.36. The highest BCUT2D eigenvalue weighted by molar-refractivity contribution is 5.74. The first-order chi connectivity index (χ1) is 22.9. The molecule has 6 rings (SSSR count). The summed E-state index contributed by atoms with van der Waals surface area (Å²) >= 11 is 0. The van der Waals surface area contributed by atoms with E-state index >= 15 is 0 Å². The average molecular weight is 621 g/mol. The quantitative estimate of drug-likeness (QED) is 0.134. The minimum absolute atomic E-state index is 0.321. The molecular weight excluding hydrogens is 580 g/mol. The Balaban J connectivity index is 1.03. The zero-order valence-electron chi connectivity index (χ0n) is 26.9. The molecule has 0 heterocycles. The summed E-state index contributed by atoms with van der Waals surface area (Å²) in [7, 11) is 0. The zero-order valence-corrected chi connectivity index (χ0v) is 26.9. The van der Waals surface area contributed by atoms with Gasteiger partial charge in [0.15, 0.2) is 0 Å². The van der Waals surface area contributed by atoms with E-state index in [9.17, 15) is 10.2 Å². The monoisotopic (exact) mass is 620 g/mol. The Morgan fingerprint density at radius 2 is 0.894 bits per heavy atom. The first-order valence-electron chi connectivity index (χ1n) is 16.1. The van der Waals surface area contributed by atoms with Crippen LogP contribution in [0.25, 0.3) is 22.3 Å². The van der Waals surface area contributed by atoms with Crippen LogP contribution < -0.4 is 9.47 Å². The number of hydrogen-bond donors (Lipinski definition) is 2. The summed E-state index contributed by atoms with van der Waals surface area (Å²) in [5.74, 6) is 2.24. The van der Waals surface area contributed by atoms with Crippen molar-refractivity contribution >= 4 is 0 Å². The Morgan fingerprint density at radius 3 is 1.32 bits per heavy atom. The molecule has 4 nitrogen and oxygen atoms in total. The van der Waals surface area contributed by atoms with Crippen molar-refractivity contribution in [3.05, 3.63) is 167 Å². The largest absolute Gasteiger partial charge is 0.507 e. The predicted octanol–water partition coefficient (Wildman–Crippen LogP) is 10.1. The van der Waals surface area contributed by atoms with Crippen molar-refractivity contribution in [2.24, 2.45) is 0 Å². The van der Waals surface area contributed by atoms with Gasteiger partial charge in [-0.2, -0.15) is 0 Å². The fourth-order valence-electron chi connectivity index (χ4n) is 6.02. The van der Waals surface area contributed by atoms with Crippen molar-refractivity contribution < 1.29 is 19.7 Å². The maximum atomic E-state index is 11.1. The van der Waals surface area contributed by atoms with Gasteiger partial charge in [-0.1, -0.05) is 97.1 Å². The van der Waals surface area contributed by atoms with E-state index in [1.807, 2.05) is 121 Å². The van der Waals surface area contributed by atoms with E-state index in [0.29, 0.717) is 37.6 Å². The van der Waals surface area contributed by atoms with Crippen LogP contribution in [0, 0.1) is 13.8 Å². The fourth-order valence-corrected chi connectivity index (χ4v) is 6.02. The summed E-state index contributed by atoms with van der Waals surface area (Å²) in [6, 6.07) is 44.3. The molecule has 2 N–H and O–H groups in total. The molecule has 0 aliphatic heterocycles. The number of benzene rings is 6. The normalized spacial score (nSPS) is 10.9. The molecular formula is C43H40O4. The Labute approximate surface area is 277 Å². The van der Waals surface area contributed by atoms with Crippen molar-refractivity contribution in [3.8, 4) is 45.3 Å². The lowest BCUT2D eigenvalue weighted by molar-refractivity contribution is 0.247. The van der Waals surface area contributed by atoms with Crippen LogP contribution in [-0.4, -0.2) is 23.4 Å². The van der Waals surface area contributed by atoms with E-state index in [4.69, 9.17) is 9.47 Å². The van der Waals surface area contributed by atoms with Crippen LogP contribution in [-0.2, 0) is 12.8 Å². The standard InChI is InChI=1S/C43H40O4/c1-30-22-36(42(44)40(24-30)34-14-5-3-6-15-34)26-32-12-9-18-38(28-32)46-20-11-21-47-39-19-10-13-33(29-39)27-37-23-31(2)25-41(43(37)45)35-16-7-4-8-17-35/h3-10,12-19,22-25,28-29,44-45H,11,20-21,26-27H2,1-2H3. The molecule has 0 fully saturated rings. The summed E-state index contributed by atoms with van der Waals surface area (Å²) in [6.45, 7) is 5.17. The minimum Gasteiger partial charge on any atom is -0.507 e. The van der Waals surface area contributed by atoms with Crippen LogP contribution in [0.2, 0.25) is 0 Å².